The Bertz CT molecular complexity index is 889. The van der Waals surface area contributed by atoms with Crippen molar-refractivity contribution in [3.63, 3.8) is 0 Å². The van der Waals surface area contributed by atoms with Crippen LogP contribution in [0.15, 0.2) is 72.4 Å². The van der Waals surface area contributed by atoms with E-state index in [1.165, 1.54) is 7.11 Å². The highest BCUT2D eigenvalue weighted by atomic mass is 32.2. The first-order valence-corrected chi connectivity index (χ1v) is 9.11. The largest absolute Gasteiger partial charge is 0.465 e. The minimum Gasteiger partial charge on any atom is -0.465 e. The Kier molecular flexibility index (Phi) is 5.86. The van der Waals surface area contributed by atoms with Crippen molar-refractivity contribution in [2.75, 3.05) is 7.11 Å². The fourth-order valence-corrected chi connectivity index (χ4v) is 3.40. The van der Waals surface area contributed by atoms with E-state index in [-0.39, 0.29) is 5.97 Å². The zero-order valence-electron chi connectivity index (χ0n) is 14.5. The maximum Gasteiger partial charge on any atom is 0.337 e. The molecule has 0 aliphatic rings. The summed E-state index contributed by atoms with van der Waals surface area (Å²) in [6.07, 6.45) is 1.84. The maximum atomic E-state index is 11.5. The van der Waals surface area contributed by atoms with Gasteiger partial charge in [-0.2, -0.15) is 0 Å². The van der Waals surface area contributed by atoms with Gasteiger partial charge in [0.05, 0.1) is 12.7 Å². The third kappa shape index (κ3) is 4.03. The predicted octanol–water partition coefficient (Wildman–Crippen LogP) is 4.21. The number of ether oxygens (including phenoxy) is 1. The van der Waals surface area contributed by atoms with Crippen molar-refractivity contribution in [1.82, 2.24) is 14.8 Å². The van der Waals surface area contributed by atoms with Crippen LogP contribution >= 0.6 is 11.8 Å². The molecule has 1 heterocycles. The van der Waals surface area contributed by atoms with Crippen LogP contribution in [0.1, 0.15) is 15.9 Å². The number of allylic oxidation sites excluding steroid dienone is 1. The van der Waals surface area contributed by atoms with Gasteiger partial charge in [0, 0.05) is 17.9 Å². The number of rotatable bonds is 7. The molecule has 0 N–H and O–H groups in total. The molecule has 3 rings (SSSR count). The zero-order valence-corrected chi connectivity index (χ0v) is 15.3. The molecule has 6 heteroatoms. The van der Waals surface area contributed by atoms with Crippen LogP contribution in [0.4, 0.5) is 0 Å². The SMILES string of the molecule is C=CCn1c(SCc2ccc(C(=O)OC)cc2)nnc1-c1ccccc1. The van der Waals surface area contributed by atoms with E-state index in [1.54, 1.807) is 23.9 Å². The lowest BCUT2D eigenvalue weighted by molar-refractivity contribution is 0.0600. The first kappa shape index (κ1) is 17.9. The summed E-state index contributed by atoms with van der Waals surface area (Å²) in [6, 6.07) is 17.4. The van der Waals surface area contributed by atoms with Crippen molar-refractivity contribution in [2.24, 2.45) is 0 Å². The standard InChI is InChI=1S/C20H19N3O2S/c1-3-13-23-18(16-7-5-4-6-8-16)21-22-20(23)26-14-15-9-11-17(12-10-15)19(24)25-2/h3-12H,1,13-14H2,2H3. The van der Waals surface area contributed by atoms with Crippen molar-refractivity contribution in [1.29, 1.82) is 0 Å². The van der Waals surface area contributed by atoms with Crippen LogP contribution in [-0.2, 0) is 17.0 Å². The molecule has 1 aromatic heterocycles. The number of carbonyl (C=O) groups excluding carboxylic acids is 1. The molecule has 0 aliphatic carbocycles. The van der Waals surface area contributed by atoms with Gasteiger partial charge in [-0.25, -0.2) is 4.79 Å². The lowest BCUT2D eigenvalue weighted by Crippen LogP contribution is -2.01. The van der Waals surface area contributed by atoms with Gasteiger partial charge >= 0.3 is 5.97 Å². The Morgan fingerprint density at radius 3 is 2.54 bits per heavy atom. The second kappa shape index (κ2) is 8.49. The van der Waals surface area contributed by atoms with Crippen LogP contribution < -0.4 is 0 Å². The topological polar surface area (TPSA) is 57.0 Å². The number of aromatic nitrogens is 3. The van der Waals surface area contributed by atoms with Crippen molar-refractivity contribution in [2.45, 2.75) is 17.5 Å². The van der Waals surface area contributed by atoms with Crippen LogP contribution in [0.3, 0.4) is 0 Å². The molecule has 3 aromatic rings. The minimum absolute atomic E-state index is 0.331. The zero-order chi connectivity index (χ0) is 18.4. The molecule has 0 radical (unpaired) electrons. The Hall–Kier alpha value is -2.86. The first-order chi connectivity index (χ1) is 12.7. The number of thioether (sulfide) groups is 1. The second-order valence-electron chi connectivity index (χ2n) is 5.55. The molecule has 26 heavy (non-hydrogen) atoms. The fourth-order valence-electron chi connectivity index (χ4n) is 2.49. The number of hydrogen-bond donors (Lipinski definition) is 0. The van der Waals surface area contributed by atoms with Gasteiger partial charge in [0.1, 0.15) is 0 Å². The van der Waals surface area contributed by atoms with E-state index >= 15 is 0 Å². The van der Waals surface area contributed by atoms with Crippen molar-refractivity contribution in [3.05, 3.63) is 78.4 Å². The number of benzene rings is 2. The van der Waals surface area contributed by atoms with Crippen LogP contribution in [0, 0.1) is 0 Å². The molecule has 0 bridgehead atoms. The lowest BCUT2D eigenvalue weighted by Gasteiger charge is -2.08. The number of nitrogens with zero attached hydrogens (tertiary/aromatic N) is 3. The Balaban J connectivity index is 1.76. The van der Waals surface area contributed by atoms with E-state index in [1.807, 2.05) is 48.5 Å². The summed E-state index contributed by atoms with van der Waals surface area (Å²) in [4.78, 5) is 11.5. The van der Waals surface area contributed by atoms with E-state index in [2.05, 4.69) is 21.3 Å². The molecule has 0 atom stereocenters. The Labute approximate surface area is 156 Å². The molecule has 0 saturated carbocycles. The molecule has 0 amide bonds. The quantitative estimate of drug-likeness (QED) is 0.357. The van der Waals surface area contributed by atoms with Gasteiger partial charge in [0.15, 0.2) is 11.0 Å². The highest BCUT2D eigenvalue weighted by molar-refractivity contribution is 7.98. The normalized spacial score (nSPS) is 10.5. The van der Waals surface area contributed by atoms with Gasteiger partial charge in [0.2, 0.25) is 0 Å². The van der Waals surface area contributed by atoms with Crippen molar-refractivity contribution >= 4 is 17.7 Å². The van der Waals surface area contributed by atoms with E-state index in [9.17, 15) is 4.79 Å². The lowest BCUT2D eigenvalue weighted by atomic mass is 10.1. The van der Waals surface area contributed by atoms with Crippen molar-refractivity contribution < 1.29 is 9.53 Å². The average Bonchev–Trinajstić information content (AvgIpc) is 3.10. The van der Waals surface area contributed by atoms with Crippen LogP contribution in [0.5, 0.6) is 0 Å². The van der Waals surface area contributed by atoms with Gasteiger partial charge in [-0.05, 0) is 17.7 Å². The Morgan fingerprint density at radius 1 is 1.15 bits per heavy atom. The molecule has 0 spiro atoms. The van der Waals surface area contributed by atoms with E-state index in [0.29, 0.717) is 12.1 Å². The summed E-state index contributed by atoms with van der Waals surface area (Å²) in [5, 5.41) is 9.52. The monoisotopic (exact) mass is 365 g/mol. The molecular weight excluding hydrogens is 346 g/mol. The molecule has 2 aromatic carbocycles. The van der Waals surface area contributed by atoms with Crippen LogP contribution in [-0.4, -0.2) is 27.8 Å². The molecular formula is C20H19N3O2S. The summed E-state index contributed by atoms with van der Waals surface area (Å²) in [7, 11) is 1.38. The summed E-state index contributed by atoms with van der Waals surface area (Å²) in [5.74, 6) is 1.22. The van der Waals surface area contributed by atoms with E-state index in [0.717, 1.165) is 27.9 Å². The van der Waals surface area contributed by atoms with Gasteiger partial charge in [-0.15, -0.1) is 16.8 Å². The molecule has 5 nitrogen and oxygen atoms in total. The second-order valence-corrected chi connectivity index (χ2v) is 6.49. The summed E-state index contributed by atoms with van der Waals surface area (Å²) in [5.41, 5.74) is 2.66. The molecule has 0 unspecified atom stereocenters. The smallest absolute Gasteiger partial charge is 0.337 e. The van der Waals surface area contributed by atoms with Crippen LogP contribution in [0.25, 0.3) is 11.4 Å². The third-order valence-corrected chi connectivity index (χ3v) is 4.84. The van der Waals surface area contributed by atoms with E-state index in [4.69, 9.17) is 4.74 Å². The van der Waals surface area contributed by atoms with Crippen molar-refractivity contribution in [3.8, 4) is 11.4 Å². The third-order valence-electron chi connectivity index (χ3n) is 3.80. The Morgan fingerprint density at radius 2 is 1.88 bits per heavy atom. The van der Waals surface area contributed by atoms with Crippen LogP contribution in [0.2, 0.25) is 0 Å². The summed E-state index contributed by atoms with van der Waals surface area (Å²) < 4.78 is 6.77. The molecule has 0 fully saturated rings. The summed E-state index contributed by atoms with van der Waals surface area (Å²) >= 11 is 1.60. The maximum absolute atomic E-state index is 11.5. The van der Waals surface area contributed by atoms with E-state index < -0.39 is 0 Å². The first-order valence-electron chi connectivity index (χ1n) is 8.12. The number of carbonyl (C=O) groups is 1. The van der Waals surface area contributed by atoms with Gasteiger partial charge in [-0.1, -0.05) is 60.3 Å². The molecule has 132 valence electrons. The van der Waals surface area contributed by atoms with Gasteiger partial charge < -0.3 is 4.74 Å². The van der Waals surface area contributed by atoms with Gasteiger partial charge in [-0.3, -0.25) is 4.57 Å². The number of methoxy groups -OCH3 is 1. The summed E-state index contributed by atoms with van der Waals surface area (Å²) in [6.45, 7) is 4.47. The predicted molar refractivity (Wildman–Crippen MR) is 103 cm³/mol. The number of esters is 1. The van der Waals surface area contributed by atoms with Gasteiger partial charge in [0.25, 0.3) is 0 Å². The minimum atomic E-state index is -0.331. The molecule has 0 saturated heterocycles. The number of hydrogen-bond acceptors (Lipinski definition) is 5. The highest BCUT2D eigenvalue weighted by Gasteiger charge is 2.13. The molecule has 0 aliphatic heterocycles. The average molecular weight is 365 g/mol. The highest BCUT2D eigenvalue weighted by Crippen LogP contribution is 2.26. The fraction of sp³-hybridized carbons (Fsp3) is 0.150.